The molecule has 0 spiro atoms. The zero-order chi connectivity index (χ0) is 13.0. The predicted molar refractivity (Wildman–Crippen MR) is 69.3 cm³/mol. The van der Waals surface area contributed by atoms with Crippen molar-refractivity contribution >= 4 is 5.91 Å². The Hall–Kier alpha value is -1.42. The molecule has 4 nitrogen and oxygen atoms in total. The van der Waals surface area contributed by atoms with E-state index >= 15 is 0 Å². The van der Waals surface area contributed by atoms with Crippen LogP contribution in [0.5, 0.6) is 0 Å². The summed E-state index contributed by atoms with van der Waals surface area (Å²) < 4.78 is 0. The molecule has 1 aliphatic rings. The summed E-state index contributed by atoms with van der Waals surface area (Å²) in [4.78, 5) is 16.0. The molecule has 1 aromatic heterocycles. The van der Waals surface area contributed by atoms with Gasteiger partial charge in [-0.1, -0.05) is 12.8 Å². The van der Waals surface area contributed by atoms with Gasteiger partial charge in [0.1, 0.15) is 0 Å². The van der Waals surface area contributed by atoms with Gasteiger partial charge in [-0.25, -0.2) is 0 Å². The van der Waals surface area contributed by atoms with Crippen LogP contribution in [0, 0.1) is 12.3 Å². The van der Waals surface area contributed by atoms with Crippen molar-refractivity contribution in [3.63, 3.8) is 0 Å². The van der Waals surface area contributed by atoms with Gasteiger partial charge in [0, 0.05) is 23.9 Å². The van der Waals surface area contributed by atoms with E-state index in [2.05, 4.69) is 10.3 Å². The Bertz CT molecular complexity index is 408. The number of aliphatic hydroxyl groups is 1. The maximum absolute atomic E-state index is 11.9. The van der Waals surface area contributed by atoms with E-state index in [0.29, 0.717) is 12.1 Å². The minimum atomic E-state index is -0.109. The topological polar surface area (TPSA) is 62.2 Å². The number of aryl methyl sites for hydroxylation is 1. The van der Waals surface area contributed by atoms with Gasteiger partial charge < -0.3 is 10.4 Å². The molecule has 1 amide bonds. The van der Waals surface area contributed by atoms with Crippen LogP contribution in [0.25, 0.3) is 0 Å². The zero-order valence-corrected chi connectivity index (χ0v) is 10.8. The van der Waals surface area contributed by atoms with Crippen LogP contribution in [-0.4, -0.2) is 29.1 Å². The molecule has 0 aliphatic heterocycles. The van der Waals surface area contributed by atoms with Gasteiger partial charge >= 0.3 is 0 Å². The standard InChI is InChI=1S/C14H20N2O2/c1-11-4-5-12(8-15-11)13(18)16-9-14(10-17)6-2-3-7-14/h4-5,8,17H,2-3,6-7,9-10H2,1H3,(H,16,18). The van der Waals surface area contributed by atoms with Gasteiger partial charge in [0.05, 0.1) is 12.2 Å². The Morgan fingerprint density at radius 2 is 2.17 bits per heavy atom. The van der Waals surface area contributed by atoms with Crippen LogP contribution >= 0.6 is 0 Å². The first-order valence-corrected chi connectivity index (χ1v) is 6.47. The highest BCUT2D eigenvalue weighted by Crippen LogP contribution is 2.36. The number of nitrogens with zero attached hydrogens (tertiary/aromatic N) is 1. The van der Waals surface area contributed by atoms with E-state index in [-0.39, 0.29) is 17.9 Å². The molecule has 1 aliphatic carbocycles. The first-order chi connectivity index (χ1) is 8.65. The van der Waals surface area contributed by atoms with E-state index in [9.17, 15) is 9.90 Å². The van der Waals surface area contributed by atoms with Gasteiger partial charge in [-0.05, 0) is 31.9 Å². The minimum absolute atomic E-state index is 0.103. The van der Waals surface area contributed by atoms with Crippen molar-refractivity contribution in [3.05, 3.63) is 29.6 Å². The van der Waals surface area contributed by atoms with E-state index in [4.69, 9.17) is 0 Å². The molecule has 2 N–H and O–H groups in total. The van der Waals surface area contributed by atoms with Gasteiger partial charge in [-0.2, -0.15) is 0 Å². The van der Waals surface area contributed by atoms with Gasteiger partial charge in [-0.15, -0.1) is 0 Å². The summed E-state index contributed by atoms with van der Waals surface area (Å²) in [5.41, 5.74) is 1.37. The van der Waals surface area contributed by atoms with Crippen molar-refractivity contribution in [1.29, 1.82) is 0 Å². The number of pyridine rings is 1. The Balaban J connectivity index is 1.93. The number of aromatic nitrogens is 1. The van der Waals surface area contributed by atoms with Crippen molar-refractivity contribution in [1.82, 2.24) is 10.3 Å². The van der Waals surface area contributed by atoms with Crippen molar-refractivity contribution < 1.29 is 9.90 Å². The van der Waals surface area contributed by atoms with E-state index in [1.165, 1.54) is 0 Å². The first kappa shape index (κ1) is 13.0. The maximum Gasteiger partial charge on any atom is 0.252 e. The largest absolute Gasteiger partial charge is 0.396 e. The molecule has 1 heterocycles. The summed E-state index contributed by atoms with van der Waals surface area (Å²) in [6, 6.07) is 3.60. The third kappa shape index (κ3) is 2.88. The summed E-state index contributed by atoms with van der Waals surface area (Å²) in [5, 5.41) is 12.4. The number of hydrogen-bond acceptors (Lipinski definition) is 3. The third-order valence-corrected chi connectivity index (χ3v) is 3.80. The fourth-order valence-electron chi connectivity index (χ4n) is 2.49. The molecule has 98 valence electrons. The van der Waals surface area contributed by atoms with Crippen LogP contribution in [0.4, 0.5) is 0 Å². The zero-order valence-electron chi connectivity index (χ0n) is 10.8. The van der Waals surface area contributed by atoms with Crippen LogP contribution in [0.3, 0.4) is 0 Å². The van der Waals surface area contributed by atoms with Gasteiger partial charge in [-0.3, -0.25) is 9.78 Å². The molecule has 0 bridgehead atoms. The number of aliphatic hydroxyl groups excluding tert-OH is 1. The highest BCUT2D eigenvalue weighted by Gasteiger charge is 2.33. The maximum atomic E-state index is 11.9. The molecule has 0 unspecified atom stereocenters. The minimum Gasteiger partial charge on any atom is -0.396 e. The molecule has 0 radical (unpaired) electrons. The molecule has 1 aromatic rings. The quantitative estimate of drug-likeness (QED) is 0.852. The van der Waals surface area contributed by atoms with Crippen LogP contribution in [0.2, 0.25) is 0 Å². The van der Waals surface area contributed by atoms with E-state index in [1.807, 2.05) is 13.0 Å². The van der Waals surface area contributed by atoms with Gasteiger partial charge in [0.15, 0.2) is 0 Å². The lowest BCUT2D eigenvalue weighted by Gasteiger charge is -2.26. The summed E-state index contributed by atoms with van der Waals surface area (Å²) in [6.07, 6.45) is 5.86. The summed E-state index contributed by atoms with van der Waals surface area (Å²) in [5.74, 6) is -0.109. The Morgan fingerprint density at radius 3 is 2.72 bits per heavy atom. The van der Waals surface area contributed by atoms with Crippen molar-refractivity contribution in [2.75, 3.05) is 13.2 Å². The second kappa shape index (κ2) is 5.48. The number of nitrogens with one attached hydrogen (secondary N) is 1. The Labute approximate surface area is 107 Å². The van der Waals surface area contributed by atoms with Crippen molar-refractivity contribution in [2.24, 2.45) is 5.41 Å². The van der Waals surface area contributed by atoms with Crippen LogP contribution in [0.1, 0.15) is 41.7 Å². The molecule has 0 atom stereocenters. The highest BCUT2D eigenvalue weighted by molar-refractivity contribution is 5.93. The highest BCUT2D eigenvalue weighted by atomic mass is 16.3. The second-order valence-corrected chi connectivity index (χ2v) is 5.24. The lowest BCUT2D eigenvalue weighted by molar-refractivity contribution is 0.0880. The average molecular weight is 248 g/mol. The molecular formula is C14H20N2O2. The smallest absolute Gasteiger partial charge is 0.252 e. The monoisotopic (exact) mass is 248 g/mol. The number of carbonyl (C=O) groups excluding carboxylic acids is 1. The van der Waals surface area contributed by atoms with E-state index in [1.54, 1.807) is 12.3 Å². The Kier molecular flexibility index (Phi) is 3.97. The number of rotatable bonds is 4. The lowest BCUT2D eigenvalue weighted by atomic mass is 9.87. The lowest BCUT2D eigenvalue weighted by Crippen LogP contribution is -2.38. The van der Waals surface area contributed by atoms with Gasteiger partial charge in [0.25, 0.3) is 5.91 Å². The van der Waals surface area contributed by atoms with E-state index < -0.39 is 0 Å². The molecule has 0 saturated heterocycles. The Morgan fingerprint density at radius 1 is 1.44 bits per heavy atom. The van der Waals surface area contributed by atoms with Crippen LogP contribution < -0.4 is 5.32 Å². The van der Waals surface area contributed by atoms with Gasteiger partial charge in [0.2, 0.25) is 0 Å². The van der Waals surface area contributed by atoms with Crippen molar-refractivity contribution in [2.45, 2.75) is 32.6 Å². The fraction of sp³-hybridized carbons (Fsp3) is 0.571. The molecule has 18 heavy (non-hydrogen) atoms. The molecule has 1 saturated carbocycles. The summed E-state index contributed by atoms with van der Waals surface area (Å²) in [6.45, 7) is 2.59. The SMILES string of the molecule is Cc1ccc(C(=O)NCC2(CO)CCCC2)cn1. The normalized spacial score (nSPS) is 17.7. The first-order valence-electron chi connectivity index (χ1n) is 6.47. The van der Waals surface area contributed by atoms with Crippen LogP contribution in [0.15, 0.2) is 18.3 Å². The third-order valence-electron chi connectivity index (χ3n) is 3.80. The summed E-state index contributed by atoms with van der Waals surface area (Å²) in [7, 11) is 0. The molecule has 1 fully saturated rings. The number of carbonyl (C=O) groups is 1. The fourth-order valence-corrected chi connectivity index (χ4v) is 2.49. The second-order valence-electron chi connectivity index (χ2n) is 5.24. The molecular weight excluding hydrogens is 228 g/mol. The average Bonchev–Trinajstić information content (AvgIpc) is 2.86. The molecule has 4 heteroatoms. The van der Waals surface area contributed by atoms with Crippen molar-refractivity contribution in [3.8, 4) is 0 Å². The molecule has 0 aromatic carbocycles. The molecule has 2 rings (SSSR count). The summed E-state index contributed by atoms with van der Waals surface area (Å²) >= 11 is 0. The number of amides is 1. The van der Waals surface area contributed by atoms with Crippen LogP contribution in [-0.2, 0) is 0 Å². The predicted octanol–water partition coefficient (Wildman–Crippen LogP) is 1.67. The van der Waals surface area contributed by atoms with E-state index in [0.717, 1.165) is 31.4 Å². The number of hydrogen-bond donors (Lipinski definition) is 2.